The molecule has 0 saturated heterocycles. The molecule has 0 unspecified atom stereocenters. The molecule has 0 radical (unpaired) electrons. The number of hydrogen-bond acceptors (Lipinski definition) is 4. The number of aromatic nitrogens is 2. The molecule has 7 nitrogen and oxygen atoms in total. The minimum atomic E-state index is -1.07. The quantitative estimate of drug-likeness (QED) is 0.347. The van der Waals surface area contributed by atoms with Crippen molar-refractivity contribution in [2.75, 3.05) is 11.9 Å². The van der Waals surface area contributed by atoms with Crippen LogP contribution < -0.4 is 11.0 Å². The Morgan fingerprint density at radius 1 is 0.971 bits per heavy atom. The summed E-state index contributed by atoms with van der Waals surface area (Å²) in [6, 6.07) is 16.0. The Labute approximate surface area is 210 Å². The summed E-state index contributed by atoms with van der Waals surface area (Å²) < 4.78 is 2.43. The van der Waals surface area contributed by atoms with Crippen molar-refractivity contribution in [1.82, 2.24) is 9.13 Å². The lowest BCUT2D eigenvalue weighted by atomic mass is 9.85. The Kier molecular flexibility index (Phi) is 6.13. The van der Waals surface area contributed by atoms with Crippen LogP contribution in [0.25, 0.3) is 16.7 Å². The van der Waals surface area contributed by atoms with E-state index in [1.54, 1.807) is 30.3 Å². The van der Waals surface area contributed by atoms with Gasteiger partial charge in [-0.15, -0.1) is 0 Å². The number of anilines is 1. The van der Waals surface area contributed by atoms with E-state index in [1.165, 1.54) is 48.1 Å². The van der Waals surface area contributed by atoms with Gasteiger partial charge in [0.25, 0.3) is 5.91 Å². The number of benzene rings is 3. The first-order chi connectivity index (χ1) is 16.8. The Morgan fingerprint density at radius 2 is 1.66 bits per heavy atom. The van der Waals surface area contributed by atoms with Crippen LogP contribution in [0.3, 0.4) is 0 Å². The number of nitrogens with one attached hydrogen (secondary N) is 1. The van der Waals surface area contributed by atoms with Gasteiger partial charge in [-0.25, -0.2) is 14.2 Å². The number of fused-ring (bicyclic) bond motifs is 1. The number of imidazole rings is 1. The molecule has 35 heavy (non-hydrogen) atoms. The topological polar surface area (TPSA) is 93.3 Å². The zero-order chi connectivity index (χ0) is 24.7. The van der Waals surface area contributed by atoms with Crippen LogP contribution in [-0.4, -0.2) is 32.7 Å². The average molecular weight is 510 g/mol. The van der Waals surface area contributed by atoms with Gasteiger partial charge in [-0.1, -0.05) is 35.7 Å². The van der Waals surface area contributed by atoms with E-state index in [2.05, 4.69) is 5.32 Å². The molecular formula is C26H21Cl2N3O4. The molecule has 1 aromatic heterocycles. The second-order valence-corrected chi connectivity index (χ2v) is 9.40. The molecule has 0 atom stereocenters. The minimum absolute atomic E-state index is 0.0334. The molecule has 2 N–H and O–H groups in total. The van der Waals surface area contributed by atoms with Gasteiger partial charge in [-0.3, -0.25) is 9.36 Å². The van der Waals surface area contributed by atoms with Gasteiger partial charge in [0.15, 0.2) is 0 Å². The molecule has 1 saturated carbocycles. The van der Waals surface area contributed by atoms with Crippen LogP contribution in [0.2, 0.25) is 10.0 Å². The van der Waals surface area contributed by atoms with Crippen LogP contribution in [0.1, 0.15) is 40.0 Å². The van der Waals surface area contributed by atoms with Gasteiger partial charge >= 0.3 is 11.7 Å². The summed E-state index contributed by atoms with van der Waals surface area (Å²) in [4.78, 5) is 38.6. The van der Waals surface area contributed by atoms with Crippen LogP contribution >= 0.6 is 23.2 Å². The zero-order valence-electron chi connectivity index (χ0n) is 18.5. The first-order valence-corrected chi connectivity index (χ1v) is 11.9. The van der Waals surface area contributed by atoms with E-state index in [0.29, 0.717) is 22.6 Å². The molecule has 3 aromatic carbocycles. The van der Waals surface area contributed by atoms with Gasteiger partial charge < -0.3 is 10.4 Å². The van der Waals surface area contributed by atoms with Crippen LogP contribution in [0.15, 0.2) is 65.5 Å². The van der Waals surface area contributed by atoms with Crippen LogP contribution in [-0.2, 0) is 0 Å². The predicted molar refractivity (Wildman–Crippen MR) is 137 cm³/mol. The number of nitrogens with zero attached hydrogens (tertiary/aromatic N) is 2. The summed E-state index contributed by atoms with van der Waals surface area (Å²) in [7, 11) is 0. The van der Waals surface area contributed by atoms with Crippen LogP contribution in [0.4, 0.5) is 5.69 Å². The highest BCUT2D eigenvalue weighted by molar-refractivity contribution is 6.40. The molecule has 0 amide bonds. The number of carbonyl (C=O) groups excluding carboxylic acids is 1. The molecular weight excluding hydrogens is 489 g/mol. The minimum Gasteiger partial charge on any atom is -0.478 e. The van der Waals surface area contributed by atoms with Crippen molar-refractivity contribution in [1.29, 1.82) is 0 Å². The summed E-state index contributed by atoms with van der Waals surface area (Å²) in [6.07, 6.45) is 3.61. The molecule has 9 heteroatoms. The maximum atomic E-state index is 13.7. The van der Waals surface area contributed by atoms with Crippen molar-refractivity contribution in [2.24, 2.45) is 5.92 Å². The van der Waals surface area contributed by atoms with E-state index in [0.717, 1.165) is 16.8 Å². The number of hydrogen-bond donors (Lipinski definition) is 2. The number of carboxylic acid groups (broad SMARTS) is 1. The van der Waals surface area contributed by atoms with Gasteiger partial charge in [0, 0.05) is 12.2 Å². The lowest BCUT2D eigenvalue weighted by Gasteiger charge is -2.25. The third-order valence-electron chi connectivity index (χ3n) is 6.41. The molecule has 0 spiro atoms. The van der Waals surface area contributed by atoms with Gasteiger partial charge in [-0.2, -0.15) is 0 Å². The van der Waals surface area contributed by atoms with E-state index < -0.39 is 17.6 Å². The summed E-state index contributed by atoms with van der Waals surface area (Å²) in [5.74, 6) is -1.10. The third kappa shape index (κ3) is 4.22. The van der Waals surface area contributed by atoms with E-state index in [1.807, 2.05) is 6.07 Å². The summed E-state index contributed by atoms with van der Waals surface area (Å²) in [6.45, 7) is 0.817. The Morgan fingerprint density at radius 3 is 2.26 bits per heavy atom. The van der Waals surface area contributed by atoms with Crippen molar-refractivity contribution in [3.05, 3.63) is 92.3 Å². The lowest BCUT2D eigenvalue weighted by molar-refractivity contribution is 0.0696. The zero-order valence-corrected chi connectivity index (χ0v) is 20.0. The number of carbonyl (C=O) groups is 2. The first-order valence-electron chi connectivity index (χ1n) is 11.2. The molecule has 4 aromatic rings. The van der Waals surface area contributed by atoms with Gasteiger partial charge in [0.05, 0.1) is 37.9 Å². The normalized spacial score (nSPS) is 13.5. The van der Waals surface area contributed by atoms with E-state index >= 15 is 0 Å². The predicted octanol–water partition coefficient (Wildman–Crippen LogP) is 5.70. The number of aromatic carboxylic acids is 1. The van der Waals surface area contributed by atoms with E-state index in [-0.39, 0.29) is 21.2 Å². The van der Waals surface area contributed by atoms with Gasteiger partial charge in [0.2, 0.25) is 0 Å². The van der Waals surface area contributed by atoms with Crippen LogP contribution in [0, 0.1) is 5.92 Å². The molecule has 1 heterocycles. The molecule has 1 fully saturated rings. The standard InChI is InChI=1S/C26H21Cl2N3O4/c27-19-5-2-6-20(28)23(19)24(32)31-22-13-17(29-14-15-3-1-4-15)9-12-21(22)30(26(31)35)18-10-7-16(8-11-18)25(33)34/h2,5-13,15,29H,1,3-4,14H2,(H,33,34). The summed E-state index contributed by atoms with van der Waals surface area (Å²) in [5, 5.41) is 12.9. The van der Waals surface area contributed by atoms with Gasteiger partial charge in [0.1, 0.15) is 0 Å². The Hall–Kier alpha value is -3.55. The largest absolute Gasteiger partial charge is 0.478 e. The highest BCUT2D eigenvalue weighted by Gasteiger charge is 2.25. The Balaban J connectivity index is 1.68. The molecule has 5 rings (SSSR count). The van der Waals surface area contributed by atoms with E-state index in [4.69, 9.17) is 23.2 Å². The molecule has 0 bridgehead atoms. The lowest BCUT2D eigenvalue weighted by Crippen LogP contribution is -2.29. The number of rotatable bonds is 6. The fourth-order valence-corrected chi connectivity index (χ4v) is 4.84. The molecule has 178 valence electrons. The highest BCUT2D eigenvalue weighted by Crippen LogP contribution is 2.29. The molecule has 1 aliphatic carbocycles. The Bertz CT molecular complexity index is 1500. The summed E-state index contributed by atoms with van der Waals surface area (Å²) >= 11 is 12.6. The average Bonchev–Trinajstić information content (AvgIpc) is 3.09. The SMILES string of the molecule is O=C(O)c1ccc(-n2c(=O)n(C(=O)c3c(Cl)cccc3Cl)c3cc(NCC4CCC4)ccc32)cc1. The van der Waals surface area contributed by atoms with Crippen molar-refractivity contribution < 1.29 is 14.7 Å². The van der Waals surface area contributed by atoms with E-state index in [9.17, 15) is 19.5 Å². The second kappa shape index (κ2) is 9.24. The van der Waals surface area contributed by atoms with Crippen molar-refractivity contribution in [3.63, 3.8) is 0 Å². The fourth-order valence-electron chi connectivity index (χ4n) is 4.28. The van der Waals surface area contributed by atoms with Crippen molar-refractivity contribution in [3.8, 4) is 5.69 Å². The number of carboxylic acids is 1. The smallest absolute Gasteiger partial charge is 0.340 e. The monoisotopic (exact) mass is 509 g/mol. The maximum absolute atomic E-state index is 13.7. The third-order valence-corrected chi connectivity index (χ3v) is 7.04. The number of halogens is 2. The van der Waals surface area contributed by atoms with Gasteiger partial charge in [-0.05, 0) is 73.4 Å². The second-order valence-electron chi connectivity index (χ2n) is 8.59. The molecule has 1 aliphatic rings. The highest BCUT2D eigenvalue weighted by atomic mass is 35.5. The fraction of sp³-hybridized carbons (Fsp3) is 0.192. The summed E-state index contributed by atoms with van der Waals surface area (Å²) in [5.41, 5.74) is 1.60. The first kappa shape index (κ1) is 23.2. The van der Waals surface area contributed by atoms with Crippen molar-refractivity contribution >= 4 is 51.8 Å². The van der Waals surface area contributed by atoms with Crippen molar-refractivity contribution in [2.45, 2.75) is 19.3 Å². The van der Waals surface area contributed by atoms with Crippen LogP contribution in [0.5, 0.6) is 0 Å². The maximum Gasteiger partial charge on any atom is 0.340 e. The molecule has 0 aliphatic heterocycles.